The van der Waals surface area contributed by atoms with Crippen LogP contribution in [0.1, 0.15) is 25.3 Å². The Balaban J connectivity index is 1.92. The van der Waals surface area contributed by atoms with Gasteiger partial charge in [-0.2, -0.15) is 0 Å². The molecule has 1 fully saturated rings. The summed E-state index contributed by atoms with van der Waals surface area (Å²) in [4.78, 5) is 14.3. The lowest BCUT2D eigenvalue weighted by Crippen LogP contribution is -2.42. The first-order valence-corrected chi connectivity index (χ1v) is 7.21. The molecule has 1 saturated heterocycles. The highest BCUT2D eigenvalue weighted by Crippen LogP contribution is 2.20. The van der Waals surface area contributed by atoms with Gasteiger partial charge < -0.3 is 15.0 Å². The van der Waals surface area contributed by atoms with Crippen LogP contribution in [0.15, 0.2) is 24.3 Å². The molecule has 20 heavy (non-hydrogen) atoms. The second-order valence-electron chi connectivity index (χ2n) is 5.62. The van der Waals surface area contributed by atoms with Crippen molar-refractivity contribution in [1.82, 2.24) is 10.2 Å². The van der Waals surface area contributed by atoms with Crippen molar-refractivity contribution >= 4 is 5.91 Å². The van der Waals surface area contributed by atoms with E-state index >= 15 is 0 Å². The fourth-order valence-electron chi connectivity index (χ4n) is 2.75. The molecule has 0 saturated carbocycles. The molecular weight excluding hydrogens is 252 g/mol. The van der Waals surface area contributed by atoms with Gasteiger partial charge in [-0.1, -0.05) is 12.1 Å². The molecule has 2 unspecified atom stereocenters. The van der Waals surface area contributed by atoms with Crippen LogP contribution in [0.25, 0.3) is 0 Å². The molecule has 1 N–H and O–H groups in total. The summed E-state index contributed by atoms with van der Waals surface area (Å²) in [6.45, 7) is 3.73. The van der Waals surface area contributed by atoms with Gasteiger partial charge >= 0.3 is 0 Å². The van der Waals surface area contributed by atoms with Crippen molar-refractivity contribution in [3.63, 3.8) is 0 Å². The average molecular weight is 276 g/mol. The predicted molar refractivity (Wildman–Crippen MR) is 79.7 cm³/mol. The van der Waals surface area contributed by atoms with Gasteiger partial charge in [0.05, 0.1) is 7.11 Å². The Morgan fingerprint density at radius 3 is 2.70 bits per heavy atom. The molecule has 110 valence electrons. The van der Waals surface area contributed by atoms with E-state index in [-0.39, 0.29) is 11.8 Å². The van der Waals surface area contributed by atoms with E-state index in [1.165, 1.54) is 0 Å². The van der Waals surface area contributed by atoms with Crippen LogP contribution in [-0.4, -0.2) is 37.6 Å². The Kier molecular flexibility index (Phi) is 5.01. The molecule has 0 bridgehead atoms. The first-order valence-electron chi connectivity index (χ1n) is 7.21. The van der Waals surface area contributed by atoms with Crippen molar-refractivity contribution in [3.8, 4) is 5.75 Å². The summed E-state index contributed by atoms with van der Waals surface area (Å²) >= 11 is 0. The molecule has 1 aliphatic rings. The zero-order valence-corrected chi connectivity index (χ0v) is 12.6. The first-order chi connectivity index (χ1) is 9.60. The number of benzene rings is 1. The molecule has 0 aromatic heterocycles. The number of nitrogens with one attached hydrogen (secondary N) is 1. The summed E-state index contributed by atoms with van der Waals surface area (Å²) < 4.78 is 5.14. The lowest BCUT2D eigenvalue weighted by molar-refractivity contribution is -0.135. The Bertz CT molecular complexity index is 444. The SMILES string of the molecule is COc1ccc(CN(C)C(=O)C2CCNC(C)C2)cc1. The maximum absolute atomic E-state index is 12.4. The predicted octanol–water partition coefficient (Wildman–Crippen LogP) is 2.04. The molecule has 0 spiro atoms. The third-order valence-electron chi connectivity index (χ3n) is 3.93. The third kappa shape index (κ3) is 3.73. The van der Waals surface area contributed by atoms with Crippen molar-refractivity contribution in [2.45, 2.75) is 32.4 Å². The molecule has 1 aliphatic heterocycles. The standard InChI is InChI=1S/C16H24N2O2/c1-12-10-14(8-9-17-12)16(19)18(2)11-13-4-6-15(20-3)7-5-13/h4-7,12,14,17H,8-11H2,1-3H3. The van der Waals surface area contributed by atoms with E-state index in [0.29, 0.717) is 12.6 Å². The summed E-state index contributed by atoms with van der Waals surface area (Å²) in [6.07, 6.45) is 1.88. The lowest BCUT2D eigenvalue weighted by atomic mass is 9.92. The highest BCUT2D eigenvalue weighted by molar-refractivity contribution is 5.78. The summed E-state index contributed by atoms with van der Waals surface area (Å²) in [5.74, 6) is 1.26. The van der Waals surface area contributed by atoms with Crippen LogP contribution in [0, 0.1) is 5.92 Å². The van der Waals surface area contributed by atoms with Crippen molar-refractivity contribution in [1.29, 1.82) is 0 Å². The van der Waals surface area contributed by atoms with Crippen molar-refractivity contribution in [2.24, 2.45) is 5.92 Å². The van der Waals surface area contributed by atoms with Gasteiger partial charge in [-0.15, -0.1) is 0 Å². The van der Waals surface area contributed by atoms with Gasteiger partial charge in [0.15, 0.2) is 0 Å². The number of rotatable bonds is 4. The van der Waals surface area contributed by atoms with Gasteiger partial charge in [0.25, 0.3) is 0 Å². The van der Waals surface area contributed by atoms with Crippen molar-refractivity contribution in [3.05, 3.63) is 29.8 Å². The first kappa shape index (κ1) is 14.9. The van der Waals surface area contributed by atoms with E-state index in [0.717, 1.165) is 30.7 Å². The fourth-order valence-corrected chi connectivity index (χ4v) is 2.75. The summed E-state index contributed by atoms with van der Waals surface area (Å²) in [5, 5.41) is 3.38. The minimum absolute atomic E-state index is 0.162. The maximum atomic E-state index is 12.4. The molecular formula is C16H24N2O2. The number of carbonyl (C=O) groups is 1. The number of nitrogens with zero attached hydrogens (tertiary/aromatic N) is 1. The average Bonchev–Trinajstić information content (AvgIpc) is 2.47. The largest absolute Gasteiger partial charge is 0.497 e. The second-order valence-corrected chi connectivity index (χ2v) is 5.62. The minimum Gasteiger partial charge on any atom is -0.497 e. The van der Waals surface area contributed by atoms with Crippen LogP contribution in [0.3, 0.4) is 0 Å². The fraction of sp³-hybridized carbons (Fsp3) is 0.562. The quantitative estimate of drug-likeness (QED) is 0.915. The molecule has 4 nitrogen and oxygen atoms in total. The van der Waals surface area contributed by atoms with Crippen molar-refractivity contribution in [2.75, 3.05) is 20.7 Å². The Morgan fingerprint density at radius 2 is 2.10 bits per heavy atom. The molecule has 2 rings (SSSR count). The van der Waals surface area contributed by atoms with Crippen LogP contribution in [-0.2, 0) is 11.3 Å². The van der Waals surface area contributed by atoms with E-state index in [9.17, 15) is 4.79 Å². The van der Waals surface area contributed by atoms with Crippen molar-refractivity contribution < 1.29 is 9.53 Å². The zero-order chi connectivity index (χ0) is 14.5. The number of methoxy groups -OCH3 is 1. The molecule has 4 heteroatoms. The molecule has 2 atom stereocenters. The van der Waals surface area contributed by atoms with Crippen LogP contribution >= 0.6 is 0 Å². The molecule has 1 aromatic carbocycles. The Hall–Kier alpha value is -1.55. The summed E-state index contributed by atoms with van der Waals surface area (Å²) in [5.41, 5.74) is 1.13. The van der Waals surface area contributed by atoms with Crippen LogP contribution in [0.5, 0.6) is 5.75 Å². The minimum atomic E-state index is 0.162. The number of ether oxygens (including phenoxy) is 1. The molecule has 0 aliphatic carbocycles. The van der Waals surface area contributed by atoms with Gasteiger partial charge in [-0.05, 0) is 44.0 Å². The maximum Gasteiger partial charge on any atom is 0.225 e. The third-order valence-corrected chi connectivity index (χ3v) is 3.93. The van der Waals surface area contributed by atoms with E-state index in [4.69, 9.17) is 4.74 Å². The number of carbonyl (C=O) groups excluding carboxylic acids is 1. The lowest BCUT2D eigenvalue weighted by Gasteiger charge is -2.30. The highest BCUT2D eigenvalue weighted by Gasteiger charge is 2.26. The van der Waals surface area contributed by atoms with Crippen LogP contribution in [0.4, 0.5) is 0 Å². The van der Waals surface area contributed by atoms with E-state index in [2.05, 4.69) is 12.2 Å². The van der Waals surface area contributed by atoms with Gasteiger partial charge in [0.2, 0.25) is 5.91 Å². The van der Waals surface area contributed by atoms with Crippen LogP contribution < -0.4 is 10.1 Å². The molecule has 0 radical (unpaired) electrons. The van der Waals surface area contributed by atoms with Gasteiger partial charge in [-0.3, -0.25) is 4.79 Å². The highest BCUT2D eigenvalue weighted by atomic mass is 16.5. The monoisotopic (exact) mass is 276 g/mol. The number of piperidine rings is 1. The normalized spacial score (nSPS) is 22.4. The van der Waals surface area contributed by atoms with Gasteiger partial charge in [0, 0.05) is 25.6 Å². The van der Waals surface area contributed by atoms with Crippen LogP contribution in [0.2, 0.25) is 0 Å². The van der Waals surface area contributed by atoms with E-state index in [1.807, 2.05) is 36.2 Å². The van der Waals surface area contributed by atoms with E-state index < -0.39 is 0 Å². The zero-order valence-electron chi connectivity index (χ0n) is 12.6. The van der Waals surface area contributed by atoms with E-state index in [1.54, 1.807) is 7.11 Å². The Morgan fingerprint density at radius 1 is 1.40 bits per heavy atom. The Labute approximate surface area is 121 Å². The number of hydrogen-bond acceptors (Lipinski definition) is 3. The molecule has 1 amide bonds. The summed E-state index contributed by atoms with van der Waals surface area (Å²) in [6, 6.07) is 8.31. The number of amides is 1. The molecule has 1 aromatic rings. The van der Waals surface area contributed by atoms with Gasteiger partial charge in [0.1, 0.15) is 5.75 Å². The summed E-state index contributed by atoms with van der Waals surface area (Å²) in [7, 11) is 3.54. The smallest absolute Gasteiger partial charge is 0.225 e. The number of hydrogen-bond donors (Lipinski definition) is 1. The molecule has 1 heterocycles. The second kappa shape index (κ2) is 6.75. The topological polar surface area (TPSA) is 41.6 Å². The van der Waals surface area contributed by atoms with Gasteiger partial charge in [-0.25, -0.2) is 0 Å².